The number of para-hydroxylation sites is 1. The molecule has 1 N–H and O–H groups in total. The van der Waals surface area contributed by atoms with Crippen molar-refractivity contribution in [2.45, 2.75) is 20.3 Å². The van der Waals surface area contributed by atoms with E-state index in [1.54, 1.807) is 37.3 Å². The first-order chi connectivity index (χ1) is 11.9. The monoisotopic (exact) mass is 345 g/mol. The van der Waals surface area contributed by atoms with E-state index in [2.05, 4.69) is 10.5 Å². The Morgan fingerprint density at radius 1 is 1.28 bits per heavy atom. The van der Waals surface area contributed by atoms with E-state index in [0.29, 0.717) is 17.3 Å². The number of carbonyl (C=O) groups is 3. The van der Waals surface area contributed by atoms with Crippen LogP contribution in [0.1, 0.15) is 29.5 Å². The molecule has 0 radical (unpaired) electrons. The van der Waals surface area contributed by atoms with Gasteiger partial charge in [-0.15, -0.1) is 0 Å². The molecule has 0 unspecified atom stereocenters. The number of anilines is 2. The molecule has 1 aromatic carbocycles. The second-order valence-corrected chi connectivity index (χ2v) is 5.30. The molecule has 2 aromatic rings. The van der Waals surface area contributed by atoms with Crippen molar-refractivity contribution < 1.29 is 23.6 Å². The average Bonchev–Trinajstić information content (AvgIpc) is 2.99. The van der Waals surface area contributed by atoms with Crippen molar-refractivity contribution in [2.75, 3.05) is 23.9 Å². The zero-order valence-electron chi connectivity index (χ0n) is 14.2. The lowest BCUT2D eigenvalue weighted by Gasteiger charge is -2.23. The number of hydrogen-bond acceptors (Lipinski definition) is 6. The van der Waals surface area contributed by atoms with E-state index in [4.69, 9.17) is 9.26 Å². The topological polar surface area (TPSA) is 102 Å². The number of hydrogen-bond donors (Lipinski definition) is 1. The van der Waals surface area contributed by atoms with Gasteiger partial charge >= 0.3 is 5.97 Å². The zero-order valence-corrected chi connectivity index (χ0v) is 14.2. The summed E-state index contributed by atoms with van der Waals surface area (Å²) in [5.41, 5.74) is 0.652. The summed E-state index contributed by atoms with van der Waals surface area (Å²) in [6, 6.07) is 8.17. The van der Waals surface area contributed by atoms with Gasteiger partial charge < -0.3 is 19.5 Å². The maximum absolute atomic E-state index is 12.0. The molecule has 132 valence electrons. The molecule has 1 heterocycles. The van der Waals surface area contributed by atoms with Crippen molar-refractivity contribution in [1.82, 2.24) is 5.16 Å². The van der Waals surface area contributed by atoms with E-state index in [9.17, 15) is 14.4 Å². The lowest BCUT2D eigenvalue weighted by molar-refractivity contribution is -0.117. The highest BCUT2D eigenvalue weighted by Crippen LogP contribution is 2.22. The molecule has 8 nitrogen and oxygen atoms in total. The molecule has 0 saturated carbocycles. The van der Waals surface area contributed by atoms with Gasteiger partial charge in [0.05, 0.1) is 18.4 Å². The number of aryl methyl sites for hydroxylation is 1. The quantitative estimate of drug-likeness (QED) is 0.805. The van der Waals surface area contributed by atoms with Crippen LogP contribution in [0, 0.1) is 6.92 Å². The fraction of sp³-hybridized carbons (Fsp3) is 0.294. The number of methoxy groups -OCH3 is 1. The average molecular weight is 345 g/mol. The van der Waals surface area contributed by atoms with Crippen molar-refractivity contribution in [1.29, 1.82) is 0 Å². The number of aromatic nitrogens is 1. The molecule has 0 fully saturated rings. The molecule has 0 bridgehead atoms. The van der Waals surface area contributed by atoms with Crippen LogP contribution in [0.25, 0.3) is 0 Å². The molecule has 0 spiro atoms. The summed E-state index contributed by atoms with van der Waals surface area (Å²) < 4.78 is 9.61. The summed E-state index contributed by atoms with van der Waals surface area (Å²) in [7, 11) is 1.27. The minimum Gasteiger partial charge on any atom is -0.465 e. The number of esters is 1. The van der Waals surface area contributed by atoms with Crippen LogP contribution in [0.2, 0.25) is 0 Å². The SMILES string of the molecule is COC(=O)c1ccccc1N(CCC(=O)Nc1cc(C)on1)C(C)=O. The molecule has 8 heteroatoms. The molecular formula is C17H19N3O5. The minimum absolute atomic E-state index is 0.0288. The predicted octanol–water partition coefficient (Wildman–Crippen LogP) is 2.15. The van der Waals surface area contributed by atoms with Gasteiger partial charge in [0, 0.05) is 26.0 Å². The van der Waals surface area contributed by atoms with Crippen LogP contribution < -0.4 is 10.2 Å². The van der Waals surface area contributed by atoms with Crippen LogP contribution >= 0.6 is 0 Å². The molecule has 0 saturated heterocycles. The van der Waals surface area contributed by atoms with Crippen LogP contribution in [0.5, 0.6) is 0 Å². The number of nitrogens with zero attached hydrogens (tertiary/aromatic N) is 2. The van der Waals surface area contributed by atoms with E-state index in [0.717, 1.165) is 0 Å². The molecule has 0 aliphatic carbocycles. The molecule has 2 amide bonds. The van der Waals surface area contributed by atoms with Gasteiger partial charge in [-0.3, -0.25) is 9.59 Å². The summed E-state index contributed by atoms with van der Waals surface area (Å²) in [4.78, 5) is 37.3. The largest absolute Gasteiger partial charge is 0.465 e. The molecule has 0 aliphatic rings. The molecule has 2 rings (SSSR count). The highest BCUT2D eigenvalue weighted by atomic mass is 16.5. The Kier molecular flexibility index (Phi) is 5.89. The number of nitrogens with one attached hydrogen (secondary N) is 1. The first-order valence-electron chi connectivity index (χ1n) is 7.61. The number of benzene rings is 1. The summed E-state index contributed by atoms with van der Waals surface area (Å²) in [5.74, 6) is -0.277. The van der Waals surface area contributed by atoms with Crippen molar-refractivity contribution in [3.8, 4) is 0 Å². The van der Waals surface area contributed by atoms with Crippen LogP contribution in [0.4, 0.5) is 11.5 Å². The third-order valence-electron chi connectivity index (χ3n) is 3.44. The molecule has 0 atom stereocenters. The number of amides is 2. The first-order valence-corrected chi connectivity index (χ1v) is 7.61. The predicted molar refractivity (Wildman–Crippen MR) is 90.3 cm³/mol. The van der Waals surface area contributed by atoms with Gasteiger partial charge in [-0.1, -0.05) is 17.3 Å². The van der Waals surface area contributed by atoms with Crippen molar-refractivity contribution >= 4 is 29.3 Å². The van der Waals surface area contributed by atoms with E-state index < -0.39 is 5.97 Å². The second kappa shape index (κ2) is 8.09. The van der Waals surface area contributed by atoms with Crippen LogP contribution in [-0.4, -0.2) is 36.6 Å². The van der Waals surface area contributed by atoms with Gasteiger partial charge in [0.2, 0.25) is 11.8 Å². The number of rotatable bonds is 6. The molecule has 25 heavy (non-hydrogen) atoms. The van der Waals surface area contributed by atoms with Gasteiger partial charge in [-0.2, -0.15) is 0 Å². The Labute approximate surface area is 144 Å². The van der Waals surface area contributed by atoms with Gasteiger partial charge in [0.15, 0.2) is 5.82 Å². The van der Waals surface area contributed by atoms with Crippen molar-refractivity contribution in [3.63, 3.8) is 0 Å². The van der Waals surface area contributed by atoms with E-state index in [1.165, 1.54) is 18.9 Å². The maximum Gasteiger partial charge on any atom is 0.339 e. The van der Waals surface area contributed by atoms with Gasteiger partial charge in [-0.25, -0.2) is 4.79 Å². The highest BCUT2D eigenvalue weighted by Gasteiger charge is 2.20. The zero-order chi connectivity index (χ0) is 18.4. The van der Waals surface area contributed by atoms with Crippen molar-refractivity contribution in [3.05, 3.63) is 41.7 Å². The lowest BCUT2D eigenvalue weighted by atomic mass is 10.1. The van der Waals surface area contributed by atoms with E-state index in [-0.39, 0.29) is 30.3 Å². The number of carbonyl (C=O) groups excluding carboxylic acids is 3. The first kappa shape index (κ1) is 18.2. The fourth-order valence-electron chi connectivity index (χ4n) is 2.28. The normalized spacial score (nSPS) is 10.2. The standard InChI is InChI=1S/C17H19N3O5/c1-11-10-15(19-25-11)18-16(22)8-9-20(12(2)21)14-7-5-4-6-13(14)17(23)24-3/h4-7,10H,8-9H2,1-3H3,(H,18,19,22). The summed E-state index contributed by atoms with van der Waals surface area (Å²) in [5, 5.41) is 6.26. The van der Waals surface area contributed by atoms with Crippen molar-refractivity contribution in [2.24, 2.45) is 0 Å². The van der Waals surface area contributed by atoms with Crippen LogP contribution in [0.15, 0.2) is 34.9 Å². The smallest absolute Gasteiger partial charge is 0.339 e. The summed E-state index contributed by atoms with van der Waals surface area (Å²) in [6.45, 7) is 3.18. The summed E-state index contributed by atoms with van der Waals surface area (Å²) >= 11 is 0. The van der Waals surface area contributed by atoms with E-state index >= 15 is 0 Å². The Hall–Kier alpha value is -3.16. The van der Waals surface area contributed by atoms with Gasteiger partial charge in [0.1, 0.15) is 5.76 Å². The second-order valence-electron chi connectivity index (χ2n) is 5.30. The summed E-state index contributed by atoms with van der Waals surface area (Å²) in [6.07, 6.45) is 0.0288. The van der Waals surface area contributed by atoms with Crippen LogP contribution in [-0.2, 0) is 14.3 Å². The Bertz CT molecular complexity index is 784. The van der Waals surface area contributed by atoms with Gasteiger partial charge in [-0.05, 0) is 19.1 Å². The third-order valence-corrected chi connectivity index (χ3v) is 3.44. The van der Waals surface area contributed by atoms with Gasteiger partial charge in [0.25, 0.3) is 0 Å². The van der Waals surface area contributed by atoms with Crippen LogP contribution in [0.3, 0.4) is 0 Å². The van der Waals surface area contributed by atoms with E-state index in [1.807, 2.05) is 0 Å². The highest BCUT2D eigenvalue weighted by molar-refractivity contribution is 6.02. The molecule has 0 aliphatic heterocycles. The molecule has 1 aromatic heterocycles. The molecular weight excluding hydrogens is 326 g/mol. The Morgan fingerprint density at radius 3 is 2.60 bits per heavy atom. The fourth-order valence-corrected chi connectivity index (χ4v) is 2.28. The Balaban J connectivity index is 2.10. The Morgan fingerprint density at radius 2 is 2.00 bits per heavy atom. The number of ether oxygens (including phenoxy) is 1. The maximum atomic E-state index is 12.0. The third kappa shape index (κ3) is 4.66. The lowest BCUT2D eigenvalue weighted by Crippen LogP contribution is -2.33. The minimum atomic E-state index is -0.552.